The van der Waals surface area contributed by atoms with Gasteiger partial charge in [0.25, 0.3) is 0 Å². The minimum atomic E-state index is -0.886. The number of benzene rings is 2. The fourth-order valence-corrected chi connectivity index (χ4v) is 3.72. The number of carbonyl (C=O) groups is 1. The maximum absolute atomic E-state index is 10.7. The zero-order valence-electron chi connectivity index (χ0n) is 15.7. The topological polar surface area (TPSA) is 84.4 Å². The molecule has 2 heterocycles. The normalized spacial score (nSPS) is 13.1. The number of ether oxygens (including phenoxy) is 1. The first-order valence-corrected chi connectivity index (χ1v) is 10.5. The second-order valence-electron chi connectivity index (χ2n) is 6.51. The quantitative estimate of drug-likeness (QED) is 0.524. The highest BCUT2D eigenvalue weighted by Crippen LogP contribution is 2.31. The standard InChI is InChI=1S/C22H17ClN2O4S/c23-16-8-15(9-17(10-16)28-12-14-4-2-1-3-5-14)19-6-7-20(29-19)18-11-21(25-24-18)30-13-22(26)27/h1-10H,11-13H2,(H,26,27). The number of halogens is 1. The molecule has 0 unspecified atom stereocenters. The summed E-state index contributed by atoms with van der Waals surface area (Å²) in [7, 11) is 0. The van der Waals surface area contributed by atoms with Crippen molar-refractivity contribution in [2.24, 2.45) is 10.2 Å². The van der Waals surface area contributed by atoms with Gasteiger partial charge in [0.05, 0.1) is 5.75 Å². The molecule has 4 rings (SSSR count). The van der Waals surface area contributed by atoms with Crippen LogP contribution in [0.25, 0.3) is 11.3 Å². The number of nitrogens with zero attached hydrogens (tertiary/aromatic N) is 2. The van der Waals surface area contributed by atoms with Gasteiger partial charge < -0.3 is 14.3 Å². The number of furan rings is 1. The summed E-state index contributed by atoms with van der Waals surface area (Å²) in [6, 6.07) is 19.0. The van der Waals surface area contributed by atoms with Gasteiger partial charge in [-0.3, -0.25) is 4.79 Å². The van der Waals surface area contributed by atoms with Crippen LogP contribution in [0.15, 0.2) is 75.3 Å². The molecule has 0 radical (unpaired) electrons. The highest BCUT2D eigenvalue weighted by Gasteiger charge is 2.19. The van der Waals surface area contributed by atoms with Crippen LogP contribution in [0.4, 0.5) is 0 Å². The Hall–Kier alpha value is -3.03. The summed E-state index contributed by atoms with van der Waals surface area (Å²) in [4.78, 5) is 10.7. The van der Waals surface area contributed by atoms with Crippen LogP contribution >= 0.6 is 23.4 Å². The van der Waals surface area contributed by atoms with Crippen molar-refractivity contribution in [3.63, 3.8) is 0 Å². The lowest BCUT2D eigenvalue weighted by Crippen LogP contribution is -2.04. The summed E-state index contributed by atoms with van der Waals surface area (Å²) in [5.41, 5.74) is 2.52. The number of carboxylic acids is 1. The van der Waals surface area contributed by atoms with E-state index in [1.54, 1.807) is 12.1 Å². The molecule has 0 spiro atoms. The molecule has 1 N–H and O–H groups in total. The zero-order chi connectivity index (χ0) is 20.9. The number of hydrogen-bond donors (Lipinski definition) is 1. The lowest BCUT2D eigenvalue weighted by Gasteiger charge is -2.08. The van der Waals surface area contributed by atoms with Crippen molar-refractivity contribution >= 4 is 40.1 Å². The molecule has 8 heteroatoms. The molecular weight excluding hydrogens is 424 g/mol. The minimum Gasteiger partial charge on any atom is -0.489 e. The summed E-state index contributed by atoms with van der Waals surface area (Å²) >= 11 is 7.44. The van der Waals surface area contributed by atoms with Gasteiger partial charge in [0.1, 0.15) is 28.9 Å². The fraction of sp³-hybridized carbons (Fsp3) is 0.136. The Morgan fingerprint density at radius 1 is 1.10 bits per heavy atom. The van der Waals surface area contributed by atoms with Crippen molar-refractivity contribution in [2.45, 2.75) is 13.0 Å². The summed E-state index contributed by atoms with van der Waals surface area (Å²) in [5, 5.41) is 18.1. The Labute approximate surface area is 182 Å². The molecule has 0 atom stereocenters. The molecule has 0 bridgehead atoms. The molecular formula is C22H17ClN2O4S. The number of rotatable bonds is 7. The van der Waals surface area contributed by atoms with Gasteiger partial charge in [0.2, 0.25) is 0 Å². The first-order chi connectivity index (χ1) is 14.6. The van der Waals surface area contributed by atoms with Crippen LogP contribution in [-0.4, -0.2) is 27.6 Å². The van der Waals surface area contributed by atoms with E-state index in [0.717, 1.165) is 22.9 Å². The van der Waals surface area contributed by atoms with E-state index in [9.17, 15) is 4.79 Å². The lowest BCUT2D eigenvalue weighted by atomic mass is 10.1. The van der Waals surface area contributed by atoms with Crippen LogP contribution in [0, 0.1) is 0 Å². The van der Waals surface area contributed by atoms with Crippen LogP contribution in [0.3, 0.4) is 0 Å². The monoisotopic (exact) mass is 440 g/mol. The van der Waals surface area contributed by atoms with E-state index in [4.69, 9.17) is 25.9 Å². The molecule has 6 nitrogen and oxygen atoms in total. The largest absolute Gasteiger partial charge is 0.489 e. The first-order valence-electron chi connectivity index (χ1n) is 9.13. The average Bonchev–Trinajstić information content (AvgIpc) is 3.41. The van der Waals surface area contributed by atoms with E-state index in [0.29, 0.717) is 46.1 Å². The van der Waals surface area contributed by atoms with Gasteiger partial charge in [0.15, 0.2) is 5.76 Å². The van der Waals surface area contributed by atoms with Gasteiger partial charge in [0, 0.05) is 17.0 Å². The van der Waals surface area contributed by atoms with E-state index >= 15 is 0 Å². The molecule has 0 aliphatic carbocycles. The summed E-state index contributed by atoms with van der Waals surface area (Å²) in [5.74, 6) is 0.938. The van der Waals surface area contributed by atoms with Crippen molar-refractivity contribution in [1.29, 1.82) is 0 Å². The van der Waals surface area contributed by atoms with Crippen LogP contribution in [0.2, 0.25) is 5.02 Å². The third kappa shape index (κ3) is 5.11. The third-order valence-corrected chi connectivity index (χ3v) is 5.43. The Bertz CT molecular complexity index is 1130. The number of hydrogen-bond acceptors (Lipinski definition) is 6. The van der Waals surface area contributed by atoms with Crippen molar-refractivity contribution in [2.75, 3.05) is 5.75 Å². The van der Waals surface area contributed by atoms with Gasteiger partial charge in [-0.1, -0.05) is 53.7 Å². The molecule has 0 saturated carbocycles. The Morgan fingerprint density at radius 3 is 2.70 bits per heavy atom. The highest BCUT2D eigenvalue weighted by molar-refractivity contribution is 8.14. The number of carboxylic acid groups (broad SMARTS) is 1. The van der Waals surface area contributed by atoms with E-state index in [2.05, 4.69) is 10.2 Å². The van der Waals surface area contributed by atoms with E-state index in [1.165, 1.54) is 0 Å². The zero-order valence-corrected chi connectivity index (χ0v) is 17.3. The SMILES string of the molecule is O=C(O)CSC1=NN=C(c2ccc(-c3cc(Cl)cc(OCc4ccccc4)c3)o2)C1. The van der Waals surface area contributed by atoms with Crippen LogP contribution in [0.5, 0.6) is 5.75 Å². The molecule has 3 aromatic rings. The maximum atomic E-state index is 10.7. The predicted molar refractivity (Wildman–Crippen MR) is 119 cm³/mol. The summed E-state index contributed by atoms with van der Waals surface area (Å²) in [6.45, 7) is 0.439. The molecule has 1 aliphatic heterocycles. The van der Waals surface area contributed by atoms with Gasteiger partial charge in [-0.15, -0.1) is 5.10 Å². The van der Waals surface area contributed by atoms with E-state index in [1.807, 2.05) is 48.5 Å². The molecule has 0 fully saturated rings. The van der Waals surface area contributed by atoms with E-state index in [-0.39, 0.29) is 5.75 Å². The van der Waals surface area contributed by atoms with Crippen LogP contribution in [-0.2, 0) is 11.4 Å². The fourth-order valence-electron chi connectivity index (χ4n) is 2.87. The molecule has 2 aromatic carbocycles. The van der Waals surface area contributed by atoms with Crippen LogP contribution < -0.4 is 4.74 Å². The molecule has 1 aromatic heterocycles. The van der Waals surface area contributed by atoms with E-state index < -0.39 is 5.97 Å². The van der Waals surface area contributed by atoms with Gasteiger partial charge >= 0.3 is 5.97 Å². The summed E-state index contributed by atoms with van der Waals surface area (Å²) in [6.07, 6.45) is 0.450. The summed E-state index contributed by atoms with van der Waals surface area (Å²) < 4.78 is 11.8. The Kier molecular flexibility index (Phi) is 6.21. The Morgan fingerprint density at radius 2 is 1.90 bits per heavy atom. The second-order valence-corrected chi connectivity index (χ2v) is 8.00. The number of thioether (sulfide) groups is 1. The van der Waals surface area contributed by atoms with Crippen molar-refractivity contribution in [3.05, 3.63) is 77.0 Å². The highest BCUT2D eigenvalue weighted by atomic mass is 35.5. The van der Waals surface area contributed by atoms with Crippen LogP contribution in [0.1, 0.15) is 17.7 Å². The lowest BCUT2D eigenvalue weighted by molar-refractivity contribution is -0.133. The van der Waals surface area contributed by atoms with Gasteiger partial charge in [-0.2, -0.15) is 5.10 Å². The molecule has 0 amide bonds. The average molecular weight is 441 g/mol. The van der Waals surface area contributed by atoms with Crippen molar-refractivity contribution < 1.29 is 19.1 Å². The van der Waals surface area contributed by atoms with Gasteiger partial charge in [-0.05, 0) is 35.9 Å². The smallest absolute Gasteiger partial charge is 0.313 e. The van der Waals surface area contributed by atoms with Crippen molar-refractivity contribution in [3.8, 4) is 17.1 Å². The first kappa shape index (κ1) is 20.3. The Balaban J connectivity index is 1.44. The third-order valence-electron chi connectivity index (χ3n) is 4.26. The van der Waals surface area contributed by atoms with Gasteiger partial charge in [-0.25, -0.2) is 0 Å². The predicted octanol–water partition coefficient (Wildman–Crippen LogP) is 5.50. The second kappa shape index (κ2) is 9.19. The molecule has 152 valence electrons. The molecule has 0 saturated heterocycles. The minimum absolute atomic E-state index is 0.0424. The maximum Gasteiger partial charge on any atom is 0.313 e. The number of aliphatic carboxylic acids is 1. The van der Waals surface area contributed by atoms with Crippen molar-refractivity contribution in [1.82, 2.24) is 0 Å². The molecule has 30 heavy (non-hydrogen) atoms. The molecule has 1 aliphatic rings.